The van der Waals surface area contributed by atoms with Gasteiger partial charge in [0.25, 0.3) is 0 Å². The first kappa shape index (κ1) is 12.0. The predicted octanol–water partition coefficient (Wildman–Crippen LogP) is 2.62. The summed E-state index contributed by atoms with van der Waals surface area (Å²) < 4.78 is 14.4. The number of hydrogen-bond donors (Lipinski definition) is 2. The van der Waals surface area contributed by atoms with Crippen LogP contribution in [0.1, 0.15) is 24.5 Å². The van der Waals surface area contributed by atoms with E-state index >= 15 is 0 Å². The molecule has 0 aromatic heterocycles. The van der Waals surface area contributed by atoms with E-state index < -0.39 is 6.10 Å². The number of piperidine rings is 1. The summed E-state index contributed by atoms with van der Waals surface area (Å²) in [5.41, 5.74) is 0.392. The van der Waals surface area contributed by atoms with Gasteiger partial charge < -0.3 is 10.4 Å². The highest BCUT2D eigenvalue weighted by Gasteiger charge is 2.25. The second-order valence-electron chi connectivity index (χ2n) is 4.22. The van der Waals surface area contributed by atoms with Crippen molar-refractivity contribution in [3.8, 4) is 0 Å². The molecule has 1 heterocycles. The molecule has 1 aromatic rings. The maximum Gasteiger partial charge on any atom is 0.129 e. The Labute approximate surface area is 103 Å². The Hall–Kier alpha value is -0.450. The van der Waals surface area contributed by atoms with Crippen molar-refractivity contribution in [3.63, 3.8) is 0 Å². The van der Waals surface area contributed by atoms with E-state index in [1.165, 1.54) is 6.07 Å². The summed E-state index contributed by atoms with van der Waals surface area (Å²) in [6.07, 6.45) is 1.27. The highest BCUT2D eigenvalue weighted by molar-refractivity contribution is 9.10. The van der Waals surface area contributed by atoms with Gasteiger partial charge in [0.15, 0.2) is 0 Å². The molecule has 1 saturated heterocycles. The maximum absolute atomic E-state index is 13.6. The minimum absolute atomic E-state index is 0.109. The van der Waals surface area contributed by atoms with Gasteiger partial charge in [-0.2, -0.15) is 0 Å². The van der Waals surface area contributed by atoms with Gasteiger partial charge in [-0.05, 0) is 37.6 Å². The molecule has 1 aliphatic heterocycles. The molecule has 0 saturated carbocycles. The third kappa shape index (κ3) is 2.62. The first-order chi connectivity index (χ1) is 7.68. The number of halogens is 2. The number of aliphatic hydroxyl groups excluding tert-OH is 1. The lowest BCUT2D eigenvalue weighted by molar-refractivity contribution is 0.0888. The first-order valence-electron chi connectivity index (χ1n) is 5.52. The zero-order chi connectivity index (χ0) is 11.5. The van der Waals surface area contributed by atoms with E-state index in [1.54, 1.807) is 12.1 Å². The van der Waals surface area contributed by atoms with Crippen LogP contribution in [0.4, 0.5) is 4.39 Å². The van der Waals surface area contributed by atoms with E-state index in [-0.39, 0.29) is 11.7 Å². The fourth-order valence-corrected chi connectivity index (χ4v) is 2.52. The molecule has 2 unspecified atom stereocenters. The van der Waals surface area contributed by atoms with Gasteiger partial charge in [-0.15, -0.1) is 0 Å². The number of benzene rings is 1. The van der Waals surface area contributed by atoms with E-state index in [4.69, 9.17) is 0 Å². The van der Waals surface area contributed by atoms with Gasteiger partial charge in [0.1, 0.15) is 5.82 Å². The normalized spacial score (nSPS) is 23.1. The Morgan fingerprint density at radius 3 is 3.00 bits per heavy atom. The number of nitrogens with one attached hydrogen (secondary N) is 1. The molecule has 4 heteroatoms. The highest BCUT2D eigenvalue weighted by Crippen LogP contribution is 2.30. The Bertz CT molecular complexity index is 366. The van der Waals surface area contributed by atoms with Crippen LogP contribution in [0.15, 0.2) is 22.7 Å². The second kappa shape index (κ2) is 5.25. The first-order valence-corrected chi connectivity index (χ1v) is 6.31. The summed E-state index contributed by atoms with van der Waals surface area (Å²) in [6.45, 7) is 1.75. The Balaban J connectivity index is 2.18. The Kier molecular flexibility index (Phi) is 3.95. The van der Waals surface area contributed by atoms with Gasteiger partial charge in [-0.3, -0.25) is 0 Å². The molecule has 0 bridgehead atoms. The molecule has 1 aromatic carbocycles. The highest BCUT2D eigenvalue weighted by atomic mass is 79.9. The summed E-state index contributed by atoms with van der Waals surface area (Å²) >= 11 is 3.30. The largest absolute Gasteiger partial charge is 0.388 e. The summed E-state index contributed by atoms with van der Waals surface area (Å²) in [5, 5.41) is 13.4. The summed E-state index contributed by atoms with van der Waals surface area (Å²) in [5.74, 6) is -0.223. The molecular formula is C12H15BrFNO. The van der Waals surface area contributed by atoms with Gasteiger partial charge >= 0.3 is 0 Å². The number of hydrogen-bond acceptors (Lipinski definition) is 2. The van der Waals surface area contributed by atoms with Crippen molar-refractivity contribution >= 4 is 15.9 Å². The lowest BCUT2D eigenvalue weighted by atomic mass is 9.89. The average molecular weight is 288 g/mol. The Morgan fingerprint density at radius 1 is 1.50 bits per heavy atom. The molecule has 0 spiro atoms. The minimum Gasteiger partial charge on any atom is -0.388 e. The fraction of sp³-hybridized carbons (Fsp3) is 0.500. The van der Waals surface area contributed by atoms with Gasteiger partial charge in [0.05, 0.1) is 6.10 Å². The monoisotopic (exact) mass is 287 g/mol. The van der Waals surface area contributed by atoms with Crippen molar-refractivity contribution in [2.45, 2.75) is 18.9 Å². The standard InChI is InChI=1S/C12H15BrFNO/c13-9-3-4-11(14)10(6-9)12(16)8-2-1-5-15-7-8/h3-4,6,8,12,15-16H,1-2,5,7H2. The lowest BCUT2D eigenvalue weighted by Crippen LogP contribution is -2.33. The lowest BCUT2D eigenvalue weighted by Gasteiger charge is -2.27. The molecule has 0 aliphatic carbocycles. The topological polar surface area (TPSA) is 32.3 Å². The van der Waals surface area contributed by atoms with Crippen LogP contribution in [0, 0.1) is 11.7 Å². The van der Waals surface area contributed by atoms with Crippen LogP contribution in [0.5, 0.6) is 0 Å². The Morgan fingerprint density at radius 2 is 2.31 bits per heavy atom. The molecule has 0 amide bonds. The third-order valence-electron chi connectivity index (χ3n) is 3.06. The smallest absolute Gasteiger partial charge is 0.129 e. The molecular weight excluding hydrogens is 273 g/mol. The van der Waals surface area contributed by atoms with E-state index in [1.807, 2.05) is 0 Å². The maximum atomic E-state index is 13.6. The molecule has 0 radical (unpaired) electrons. The van der Waals surface area contributed by atoms with E-state index in [9.17, 15) is 9.50 Å². The van der Waals surface area contributed by atoms with Crippen LogP contribution in [0.25, 0.3) is 0 Å². The quantitative estimate of drug-likeness (QED) is 0.877. The molecule has 1 aliphatic rings. The van der Waals surface area contributed by atoms with Crippen molar-refractivity contribution in [2.75, 3.05) is 13.1 Å². The minimum atomic E-state index is -0.717. The molecule has 2 nitrogen and oxygen atoms in total. The van der Waals surface area contributed by atoms with Crippen LogP contribution in [0.2, 0.25) is 0 Å². The van der Waals surface area contributed by atoms with Gasteiger partial charge in [-0.1, -0.05) is 15.9 Å². The van der Waals surface area contributed by atoms with Crippen molar-refractivity contribution in [3.05, 3.63) is 34.1 Å². The fourth-order valence-electron chi connectivity index (χ4n) is 2.14. The summed E-state index contributed by atoms with van der Waals surface area (Å²) in [4.78, 5) is 0. The number of rotatable bonds is 2. The van der Waals surface area contributed by atoms with E-state index in [0.717, 1.165) is 30.4 Å². The van der Waals surface area contributed by atoms with Crippen molar-refractivity contribution in [1.82, 2.24) is 5.32 Å². The molecule has 88 valence electrons. The summed E-state index contributed by atoms with van der Waals surface area (Å²) in [6, 6.07) is 4.69. The predicted molar refractivity (Wildman–Crippen MR) is 64.7 cm³/mol. The zero-order valence-electron chi connectivity index (χ0n) is 8.92. The van der Waals surface area contributed by atoms with Gasteiger partial charge in [-0.25, -0.2) is 4.39 Å². The molecule has 2 N–H and O–H groups in total. The molecule has 16 heavy (non-hydrogen) atoms. The van der Waals surface area contributed by atoms with Crippen LogP contribution < -0.4 is 5.32 Å². The van der Waals surface area contributed by atoms with Crippen LogP contribution >= 0.6 is 15.9 Å². The molecule has 2 atom stereocenters. The van der Waals surface area contributed by atoms with Crippen LogP contribution in [0.3, 0.4) is 0 Å². The molecule has 2 rings (SSSR count). The van der Waals surface area contributed by atoms with Gasteiger partial charge in [0.2, 0.25) is 0 Å². The van der Waals surface area contributed by atoms with Gasteiger partial charge in [0, 0.05) is 22.5 Å². The average Bonchev–Trinajstić information content (AvgIpc) is 2.32. The van der Waals surface area contributed by atoms with Crippen molar-refractivity contribution in [2.24, 2.45) is 5.92 Å². The molecule has 1 fully saturated rings. The zero-order valence-corrected chi connectivity index (χ0v) is 10.5. The summed E-state index contributed by atoms with van der Waals surface area (Å²) in [7, 11) is 0. The van der Waals surface area contributed by atoms with Crippen molar-refractivity contribution in [1.29, 1.82) is 0 Å². The third-order valence-corrected chi connectivity index (χ3v) is 3.55. The van der Waals surface area contributed by atoms with Crippen LogP contribution in [-0.4, -0.2) is 18.2 Å². The van der Waals surface area contributed by atoms with Crippen LogP contribution in [-0.2, 0) is 0 Å². The number of aliphatic hydroxyl groups is 1. The van der Waals surface area contributed by atoms with Crippen molar-refractivity contribution < 1.29 is 9.50 Å². The van der Waals surface area contributed by atoms with E-state index in [0.29, 0.717) is 5.56 Å². The van der Waals surface area contributed by atoms with E-state index in [2.05, 4.69) is 21.2 Å². The second-order valence-corrected chi connectivity index (χ2v) is 5.13. The SMILES string of the molecule is OC(c1cc(Br)ccc1F)C1CCCNC1.